The van der Waals surface area contributed by atoms with Crippen LogP contribution in [-0.4, -0.2) is 20.7 Å². The van der Waals surface area contributed by atoms with Crippen molar-refractivity contribution in [3.8, 4) is 5.69 Å². The first-order valence-electron chi connectivity index (χ1n) is 7.37. The second-order valence-electron chi connectivity index (χ2n) is 5.29. The summed E-state index contributed by atoms with van der Waals surface area (Å²) in [6.45, 7) is 1.12. The third kappa shape index (κ3) is 2.15. The van der Waals surface area contributed by atoms with Gasteiger partial charge >= 0.3 is 11.4 Å². The SMILES string of the molecule is O=c1nc2n(c(=O)n1-c1ccccc1)CCN2c1ccccc1. The van der Waals surface area contributed by atoms with Gasteiger partial charge in [-0.1, -0.05) is 36.4 Å². The highest BCUT2D eigenvalue weighted by Gasteiger charge is 2.25. The molecule has 0 aliphatic carbocycles. The van der Waals surface area contributed by atoms with E-state index in [2.05, 4.69) is 4.98 Å². The van der Waals surface area contributed by atoms with E-state index in [0.29, 0.717) is 24.7 Å². The van der Waals surface area contributed by atoms with E-state index in [4.69, 9.17) is 0 Å². The molecule has 23 heavy (non-hydrogen) atoms. The molecule has 2 aromatic carbocycles. The molecule has 0 bridgehead atoms. The van der Waals surface area contributed by atoms with Gasteiger partial charge in [-0.2, -0.15) is 4.98 Å². The highest BCUT2D eigenvalue weighted by Crippen LogP contribution is 2.25. The van der Waals surface area contributed by atoms with Gasteiger partial charge in [0, 0.05) is 18.8 Å². The van der Waals surface area contributed by atoms with Crippen LogP contribution in [0, 0.1) is 0 Å². The van der Waals surface area contributed by atoms with Crippen molar-refractivity contribution in [2.45, 2.75) is 6.54 Å². The summed E-state index contributed by atoms with van der Waals surface area (Å²) < 4.78 is 2.65. The molecule has 0 unspecified atom stereocenters. The smallest absolute Gasteiger partial charge is 0.310 e. The Balaban J connectivity index is 1.89. The zero-order valence-electron chi connectivity index (χ0n) is 12.3. The molecule has 1 aliphatic heterocycles. The second-order valence-corrected chi connectivity index (χ2v) is 5.29. The predicted molar refractivity (Wildman–Crippen MR) is 87.5 cm³/mol. The Morgan fingerprint density at radius 2 is 1.39 bits per heavy atom. The fourth-order valence-corrected chi connectivity index (χ4v) is 2.84. The van der Waals surface area contributed by atoms with Crippen molar-refractivity contribution < 1.29 is 0 Å². The molecule has 0 radical (unpaired) electrons. The van der Waals surface area contributed by atoms with Gasteiger partial charge < -0.3 is 4.90 Å². The Morgan fingerprint density at radius 1 is 0.783 bits per heavy atom. The van der Waals surface area contributed by atoms with Crippen LogP contribution in [0.15, 0.2) is 70.3 Å². The molecule has 4 rings (SSSR count). The van der Waals surface area contributed by atoms with Crippen LogP contribution in [0.5, 0.6) is 0 Å². The first-order chi connectivity index (χ1) is 11.3. The summed E-state index contributed by atoms with van der Waals surface area (Å²) in [6.07, 6.45) is 0. The molecular weight excluding hydrogens is 292 g/mol. The molecule has 6 nitrogen and oxygen atoms in total. The fraction of sp³-hybridized carbons (Fsp3) is 0.118. The third-order valence-corrected chi connectivity index (χ3v) is 3.92. The van der Waals surface area contributed by atoms with E-state index < -0.39 is 5.69 Å². The van der Waals surface area contributed by atoms with Gasteiger partial charge in [0.1, 0.15) is 0 Å². The first kappa shape index (κ1) is 13.5. The van der Waals surface area contributed by atoms with Crippen molar-refractivity contribution in [1.82, 2.24) is 14.1 Å². The molecule has 6 heteroatoms. The zero-order chi connectivity index (χ0) is 15.8. The van der Waals surface area contributed by atoms with Gasteiger partial charge in [0.2, 0.25) is 5.95 Å². The van der Waals surface area contributed by atoms with E-state index in [1.165, 1.54) is 0 Å². The number of rotatable bonds is 2. The van der Waals surface area contributed by atoms with Gasteiger partial charge in [0.05, 0.1) is 5.69 Å². The van der Waals surface area contributed by atoms with E-state index in [-0.39, 0.29) is 5.69 Å². The summed E-state index contributed by atoms with van der Waals surface area (Å²) in [6, 6.07) is 18.5. The Bertz CT molecular complexity index is 961. The van der Waals surface area contributed by atoms with Crippen molar-refractivity contribution in [2.24, 2.45) is 0 Å². The van der Waals surface area contributed by atoms with Crippen LogP contribution in [0.2, 0.25) is 0 Å². The molecule has 0 amide bonds. The topological polar surface area (TPSA) is 60.1 Å². The summed E-state index contributed by atoms with van der Waals surface area (Å²) in [4.78, 5) is 31.1. The maximum Gasteiger partial charge on any atom is 0.359 e. The minimum absolute atomic E-state index is 0.357. The molecule has 0 atom stereocenters. The molecule has 1 aromatic heterocycles. The predicted octanol–water partition coefficient (Wildman–Crippen LogP) is 1.55. The van der Waals surface area contributed by atoms with E-state index in [9.17, 15) is 9.59 Å². The molecule has 0 saturated heterocycles. The standard InChI is InChI=1S/C17H14N4O2/c22-16-18-15-19(13-7-3-1-4-8-13)11-12-20(15)17(23)21(16)14-9-5-2-6-10-14/h1-10H,11-12H2. The minimum atomic E-state index is -0.560. The van der Waals surface area contributed by atoms with Crippen LogP contribution in [0.4, 0.5) is 11.6 Å². The van der Waals surface area contributed by atoms with Gasteiger partial charge in [-0.15, -0.1) is 0 Å². The fourth-order valence-electron chi connectivity index (χ4n) is 2.84. The second kappa shape index (κ2) is 5.24. The Kier molecular flexibility index (Phi) is 3.08. The molecular formula is C17H14N4O2. The van der Waals surface area contributed by atoms with Gasteiger partial charge in [-0.25, -0.2) is 14.2 Å². The molecule has 114 valence electrons. The largest absolute Gasteiger partial charge is 0.359 e. The van der Waals surface area contributed by atoms with E-state index >= 15 is 0 Å². The zero-order valence-corrected chi connectivity index (χ0v) is 12.3. The summed E-state index contributed by atoms with van der Waals surface area (Å²) in [5.74, 6) is 0.401. The third-order valence-electron chi connectivity index (χ3n) is 3.92. The number of nitrogens with zero attached hydrogens (tertiary/aromatic N) is 4. The number of hydrogen-bond acceptors (Lipinski definition) is 4. The van der Waals surface area contributed by atoms with Gasteiger partial charge in [0.25, 0.3) is 0 Å². The number of aromatic nitrogens is 3. The number of benzene rings is 2. The number of para-hydroxylation sites is 2. The maximum absolute atomic E-state index is 12.7. The molecule has 1 aliphatic rings. The Hall–Kier alpha value is -3.15. The van der Waals surface area contributed by atoms with Crippen molar-refractivity contribution in [3.05, 3.63) is 81.6 Å². The van der Waals surface area contributed by atoms with Gasteiger partial charge in [-0.05, 0) is 24.3 Å². The van der Waals surface area contributed by atoms with Crippen LogP contribution in [0.1, 0.15) is 0 Å². The van der Waals surface area contributed by atoms with Crippen LogP contribution in [0.3, 0.4) is 0 Å². The average molecular weight is 306 g/mol. The van der Waals surface area contributed by atoms with Crippen molar-refractivity contribution in [1.29, 1.82) is 0 Å². The summed E-state index contributed by atoms with van der Waals surface area (Å²) in [7, 11) is 0. The quantitative estimate of drug-likeness (QED) is 0.721. The number of anilines is 2. The molecule has 0 saturated carbocycles. The molecule has 0 spiro atoms. The normalized spacial score (nSPS) is 13.1. The average Bonchev–Trinajstić information content (AvgIpc) is 3.00. The lowest BCUT2D eigenvalue weighted by Gasteiger charge is -2.17. The lowest BCUT2D eigenvalue weighted by atomic mass is 10.3. The van der Waals surface area contributed by atoms with E-state index in [1.807, 2.05) is 41.3 Å². The van der Waals surface area contributed by atoms with E-state index in [0.717, 1.165) is 10.3 Å². The lowest BCUT2D eigenvalue weighted by molar-refractivity contribution is 0.672. The monoisotopic (exact) mass is 306 g/mol. The summed E-state index contributed by atoms with van der Waals surface area (Å²) in [5, 5.41) is 0. The highest BCUT2D eigenvalue weighted by atomic mass is 16.2. The molecule has 0 N–H and O–H groups in total. The van der Waals surface area contributed by atoms with Crippen LogP contribution >= 0.6 is 0 Å². The van der Waals surface area contributed by atoms with Crippen LogP contribution in [-0.2, 0) is 6.54 Å². The molecule has 2 heterocycles. The summed E-state index contributed by atoms with van der Waals surface area (Å²) >= 11 is 0. The van der Waals surface area contributed by atoms with Gasteiger partial charge in [0.15, 0.2) is 0 Å². The van der Waals surface area contributed by atoms with Crippen molar-refractivity contribution >= 4 is 11.6 Å². The van der Waals surface area contributed by atoms with Gasteiger partial charge in [-0.3, -0.25) is 4.57 Å². The lowest BCUT2D eigenvalue weighted by Crippen LogP contribution is -2.40. The molecule has 3 aromatic rings. The Labute approximate surface area is 131 Å². The van der Waals surface area contributed by atoms with Crippen molar-refractivity contribution in [3.63, 3.8) is 0 Å². The van der Waals surface area contributed by atoms with E-state index in [1.54, 1.807) is 28.8 Å². The van der Waals surface area contributed by atoms with Crippen LogP contribution in [0.25, 0.3) is 5.69 Å². The minimum Gasteiger partial charge on any atom is -0.310 e. The summed E-state index contributed by atoms with van der Waals surface area (Å²) in [5.41, 5.74) is 0.533. The van der Waals surface area contributed by atoms with Crippen LogP contribution < -0.4 is 16.3 Å². The molecule has 0 fully saturated rings. The highest BCUT2D eigenvalue weighted by molar-refractivity contribution is 5.58. The Morgan fingerprint density at radius 3 is 2.04 bits per heavy atom. The maximum atomic E-state index is 12.7. The van der Waals surface area contributed by atoms with Crippen molar-refractivity contribution in [2.75, 3.05) is 11.4 Å². The number of hydrogen-bond donors (Lipinski definition) is 0. The number of fused-ring (bicyclic) bond motifs is 1. The first-order valence-corrected chi connectivity index (χ1v) is 7.37.